The van der Waals surface area contributed by atoms with Crippen molar-refractivity contribution in [1.82, 2.24) is 9.13 Å². The molecule has 2 aromatic rings. The molecule has 1 aromatic carbocycles. The van der Waals surface area contributed by atoms with E-state index in [0.29, 0.717) is 31.0 Å². The summed E-state index contributed by atoms with van der Waals surface area (Å²) in [6.07, 6.45) is 2.24. The molecule has 2 rings (SSSR count). The highest BCUT2D eigenvalue weighted by Gasteiger charge is 2.10. The number of halogens is 1. The van der Waals surface area contributed by atoms with Crippen LogP contribution in [0.5, 0.6) is 0 Å². The number of benzene rings is 1. The number of alkyl halides is 1. The molecule has 0 aliphatic heterocycles. The van der Waals surface area contributed by atoms with Crippen molar-refractivity contribution in [2.24, 2.45) is 0 Å². The topological polar surface area (TPSA) is 44.0 Å². The number of nitrogens with zero attached hydrogens (tertiary/aromatic N) is 2. The Morgan fingerprint density at radius 3 is 2.45 bits per heavy atom. The molecular formula is C17H21ClN2O2. The maximum Gasteiger partial charge on any atom is 0.331 e. The van der Waals surface area contributed by atoms with E-state index in [1.54, 1.807) is 17.7 Å². The lowest BCUT2D eigenvalue weighted by atomic mass is 10.1. The molecule has 0 saturated carbocycles. The molecule has 0 aliphatic rings. The lowest BCUT2D eigenvalue weighted by Crippen LogP contribution is -2.41. The van der Waals surface area contributed by atoms with Crippen LogP contribution in [0.25, 0.3) is 0 Å². The number of hydrogen-bond acceptors (Lipinski definition) is 2. The van der Waals surface area contributed by atoms with Gasteiger partial charge in [-0.05, 0) is 38.3 Å². The lowest BCUT2D eigenvalue weighted by molar-refractivity contribution is 0.561. The highest BCUT2D eigenvalue weighted by Crippen LogP contribution is 2.11. The molecule has 1 heterocycles. The number of aromatic nitrogens is 2. The average molecular weight is 321 g/mol. The summed E-state index contributed by atoms with van der Waals surface area (Å²) in [6, 6.07) is 6.15. The first-order valence-electron chi connectivity index (χ1n) is 7.37. The van der Waals surface area contributed by atoms with Gasteiger partial charge in [0.25, 0.3) is 5.56 Å². The fourth-order valence-corrected chi connectivity index (χ4v) is 2.65. The van der Waals surface area contributed by atoms with E-state index in [9.17, 15) is 9.59 Å². The van der Waals surface area contributed by atoms with Gasteiger partial charge in [0.05, 0.1) is 6.54 Å². The van der Waals surface area contributed by atoms with Gasteiger partial charge in [-0.25, -0.2) is 4.79 Å². The van der Waals surface area contributed by atoms with Gasteiger partial charge < -0.3 is 0 Å². The molecule has 0 N–H and O–H groups in total. The molecule has 0 fully saturated rings. The molecule has 118 valence electrons. The molecular weight excluding hydrogens is 300 g/mol. The van der Waals surface area contributed by atoms with Crippen LogP contribution in [-0.2, 0) is 13.1 Å². The van der Waals surface area contributed by atoms with E-state index in [1.165, 1.54) is 10.1 Å². The summed E-state index contributed by atoms with van der Waals surface area (Å²) < 4.78 is 2.88. The number of aryl methyl sites for hydroxylation is 3. The Balaban J connectivity index is 2.45. The van der Waals surface area contributed by atoms with Crippen molar-refractivity contribution in [3.05, 3.63) is 67.5 Å². The van der Waals surface area contributed by atoms with Crippen molar-refractivity contribution >= 4 is 11.6 Å². The lowest BCUT2D eigenvalue weighted by Gasteiger charge is -2.13. The summed E-state index contributed by atoms with van der Waals surface area (Å²) in [5.74, 6) is 0.427. The Bertz CT molecular complexity index is 790. The van der Waals surface area contributed by atoms with E-state index >= 15 is 0 Å². The van der Waals surface area contributed by atoms with Crippen LogP contribution in [0.2, 0.25) is 0 Å². The molecule has 0 aliphatic carbocycles. The van der Waals surface area contributed by atoms with Crippen LogP contribution >= 0.6 is 11.6 Å². The Kier molecular flexibility index (Phi) is 5.24. The SMILES string of the molecule is Cc1ccc(Cn2cc(C)c(=O)n(CCCCl)c2=O)c(C)c1. The summed E-state index contributed by atoms with van der Waals surface area (Å²) in [5, 5.41) is 0. The Morgan fingerprint density at radius 1 is 1.09 bits per heavy atom. The predicted molar refractivity (Wildman–Crippen MR) is 90.1 cm³/mol. The van der Waals surface area contributed by atoms with E-state index in [2.05, 4.69) is 6.07 Å². The highest BCUT2D eigenvalue weighted by molar-refractivity contribution is 6.17. The smallest absolute Gasteiger partial charge is 0.296 e. The summed E-state index contributed by atoms with van der Waals surface area (Å²) in [6.45, 7) is 6.63. The van der Waals surface area contributed by atoms with Crippen molar-refractivity contribution in [2.75, 3.05) is 5.88 Å². The third kappa shape index (κ3) is 3.50. The number of hydrogen-bond donors (Lipinski definition) is 0. The van der Waals surface area contributed by atoms with Gasteiger partial charge in [0.1, 0.15) is 0 Å². The Hall–Kier alpha value is -1.81. The Morgan fingerprint density at radius 2 is 1.82 bits per heavy atom. The first-order chi connectivity index (χ1) is 10.4. The van der Waals surface area contributed by atoms with Gasteiger partial charge in [-0.2, -0.15) is 0 Å². The van der Waals surface area contributed by atoms with Crippen LogP contribution in [0.1, 0.15) is 28.7 Å². The largest absolute Gasteiger partial charge is 0.331 e. The molecule has 0 bridgehead atoms. The monoisotopic (exact) mass is 320 g/mol. The number of rotatable bonds is 5. The van der Waals surface area contributed by atoms with Crippen LogP contribution in [-0.4, -0.2) is 15.0 Å². The van der Waals surface area contributed by atoms with Gasteiger partial charge in [0.2, 0.25) is 0 Å². The minimum Gasteiger partial charge on any atom is -0.296 e. The molecule has 0 amide bonds. The van der Waals surface area contributed by atoms with E-state index in [1.807, 2.05) is 26.0 Å². The van der Waals surface area contributed by atoms with E-state index < -0.39 is 0 Å². The van der Waals surface area contributed by atoms with Gasteiger partial charge >= 0.3 is 5.69 Å². The maximum atomic E-state index is 12.5. The first kappa shape index (κ1) is 16.6. The standard InChI is InChI=1S/C17H21ClN2O2/c1-12-5-6-15(13(2)9-12)11-19-10-14(3)16(21)20(17(19)22)8-4-7-18/h5-6,9-10H,4,7-8,11H2,1-3H3. The second-order valence-electron chi connectivity index (χ2n) is 5.65. The average Bonchev–Trinajstić information content (AvgIpc) is 2.47. The molecule has 0 atom stereocenters. The maximum absolute atomic E-state index is 12.5. The summed E-state index contributed by atoms with van der Waals surface area (Å²) >= 11 is 5.68. The molecule has 0 radical (unpaired) electrons. The zero-order valence-electron chi connectivity index (χ0n) is 13.2. The molecule has 0 saturated heterocycles. The molecule has 22 heavy (non-hydrogen) atoms. The minimum atomic E-state index is -0.277. The van der Waals surface area contributed by atoms with Gasteiger partial charge in [0, 0.05) is 24.2 Å². The van der Waals surface area contributed by atoms with E-state index in [-0.39, 0.29) is 11.2 Å². The first-order valence-corrected chi connectivity index (χ1v) is 7.90. The molecule has 0 unspecified atom stereocenters. The van der Waals surface area contributed by atoms with Crippen LogP contribution in [0.3, 0.4) is 0 Å². The zero-order valence-corrected chi connectivity index (χ0v) is 14.0. The van der Waals surface area contributed by atoms with Crippen LogP contribution in [0.15, 0.2) is 34.0 Å². The fraction of sp³-hybridized carbons (Fsp3) is 0.412. The van der Waals surface area contributed by atoms with Crippen LogP contribution < -0.4 is 11.2 Å². The van der Waals surface area contributed by atoms with Crippen LogP contribution in [0, 0.1) is 20.8 Å². The third-order valence-corrected chi connectivity index (χ3v) is 4.03. The summed E-state index contributed by atoms with van der Waals surface area (Å²) in [5.41, 5.74) is 3.47. The summed E-state index contributed by atoms with van der Waals surface area (Å²) in [7, 11) is 0. The van der Waals surface area contributed by atoms with Gasteiger partial charge in [0.15, 0.2) is 0 Å². The van der Waals surface area contributed by atoms with Crippen molar-refractivity contribution in [1.29, 1.82) is 0 Å². The van der Waals surface area contributed by atoms with Crippen molar-refractivity contribution < 1.29 is 0 Å². The predicted octanol–water partition coefficient (Wildman–Crippen LogP) is 2.61. The van der Waals surface area contributed by atoms with Crippen molar-refractivity contribution in [2.45, 2.75) is 40.3 Å². The van der Waals surface area contributed by atoms with Gasteiger partial charge in [-0.3, -0.25) is 13.9 Å². The van der Waals surface area contributed by atoms with Crippen LogP contribution in [0.4, 0.5) is 0 Å². The van der Waals surface area contributed by atoms with Gasteiger partial charge in [-0.15, -0.1) is 11.6 Å². The quantitative estimate of drug-likeness (QED) is 0.795. The normalized spacial score (nSPS) is 10.9. The van der Waals surface area contributed by atoms with E-state index in [4.69, 9.17) is 11.6 Å². The fourth-order valence-electron chi connectivity index (χ4n) is 2.53. The highest BCUT2D eigenvalue weighted by atomic mass is 35.5. The zero-order chi connectivity index (χ0) is 16.3. The van der Waals surface area contributed by atoms with Crippen molar-refractivity contribution in [3.63, 3.8) is 0 Å². The third-order valence-electron chi connectivity index (χ3n) is 3.76. The van der Waals surface area contributed by atoms with Gasteiger partial charge in [-0.1, -0.05) is 23.8 Å². The molecule has 0 spiro atoms. The Labute approximate surface area is 135 Å². The minimum absolute atomic E-state index is 0.230. The van der Waals surface area contributed by atoms with Crippen molar-refractivity contribution in [3.8, 4) is 0 Å². The molecule has 5 heteroatoms. The second-order valence-corrected chi connectivity index (χ2v) is 6.03. The second kappa shape index (κ2) is 6.97. The van der Waals surface area contributed by atoms with E-state index in [0.717, 1.165) is 11.1 Å². The molecule has 1 aromatic heterocycles. The summed E-state index contributed by atoms with van der Waals surface area (Å²) in [4.78, 5) is 24.6. The molecule has 4 nitrogen and oxygen atoms in total.